The Hall–Kier alpha value is -2.67. The van der Waals surface area contributed by atoms with Crippen molar-refractivity contribution < 1.29 is 18.7 Å². The van der Waals surface area contributed by atoms with Crippen LogP contribution in [-0.4, -0.2) is 19.6 Å². The summed E-state index contributed by atoms with van der Waals surface area (Å²) in [7, 11) is 1.48. The third kappa shape index (κ3) is 6.40. The fourth-order valence-electron chi connectivity index (χ4n) is 2.69. The van der Waals surface area contributed by atoms with Gasteiger partial charge in [-0.2, -0.15) is 0 Å². The van der Waals surface area contributed by atoms with E-state index in [1.54, 1.807) is 42.5 Å². The summed E-state index contributed by atoms with van der Waals surface area (Å²) in [6.07, 6.45) is 0. The summed E-state index contributed by atoms with van der Waals surface area (Å²) < 4.78 is 24.2. The SMILES string of the molecule is COc1cc(CNc2ccc(F)c(Cl)c2)cc(Cl)c1OCC(=O)Nc1ccc(Cl)cc1. The summed E-state index contributed by atoms with van der Waals surface area (Å²) in [5, 5.41) is 6.72. The number of nitrogens with one attached hydrogen (secondary N) is 2. The van der Waals surface area contributed by atoms with Gasteiger partial charge in [0.1, 0.15) is 5.82 Å². The van der Waals surface area contributed by atoms with Crippen LogP contribution in [0.5, 0.6) is 11.5 Å². The van der Waals surface area contributed by atoms with Crippen LogP contribution in [0.4, 0.5) is 15.8 Å². The Kier molecular flexibility index (Phi) is 7.85. The van der Waals surface area contributed by atoms with E-state index in [-0.39, 0.29) is 28.3 Å². The van der Waals surface area contributed by atoms with Crippen LogP contribution in [0.15, 0.2) is 54.6 Å². The van der Waals surface area contributed by atoms with Crippen LogP contribution in [0.3, 0.4) is 0 Å². The number of ether oxygens (including phenoxy) is 2. The van der Waals surface area contributed by atoms with Crippen LogP contribution in [0.2, 0.25) is 15.1 Å². The van der Waals surface area contributed by atoms with E-state index in [1.807, 2.05) is 0 Å². The minimum Gasteiger partial charge on any atom is -0.493 e. The Morgan fingerprint density at radius 2 is 1.68 bits per heavy atom. The number of anilines is 2. The smallest absolute Gasteiger partial charge is 0.262 e. The fraction of sp³-hybridized carbons (Fsp3) is 0.136. The molecule has 0 aliphatic rings. The molecule has 0 spiro atoms. The van der Waals surface area contributed by atoms with Crippen molar-refractivity contribution in [2.24, 2.45) is 0 Å². The highest BCUT2D eigenvalue weighted by atomic mass is 35.5. The summed E-state index contributed by atoms with van der Waals surface area (Å²) in [4.78, 5) is 12.2. The van der Waals surface area contributed by atoms with E-state index in [0.29, 0.717) is 28.7 Å². The van der Waals surface area contributed by atoms with Crippen LogP contribution >= 0.6 is 34.8 Å². The second kappa shape index (κ2) is 10.6. The minimum absolute atomic E-state index is 0.0289. The molecule has 0 aliphatic heterocycles. The second-order valence-corrected chi connectivity index (χ2v) is 7.69. The van der Waals surface area contributed by atoms with Gasteiger partial charge in [0, 0.05) is 22.9 Å². The largest absolute Gasteiger partial charge is 0.493 e. The first-order valence-corrected chi connectivity index (χ1v) is 10.2. The lowest BCUT2D eigenvalue weighted by Crippen LogP contribution is -2.20. The number of rotatable bonds is 8. The number of carbonyl (C=O) groups excluding carboxylic acids is 1. The first-order chi connectivity index (χ1) is 14.9. The maximum absolute atomic E-state index is 13.3. The lowest BCUT2D eigenvalue weighted by molar-refractivity contribution is -0.118. The van der Waals surface area contributed by atoms with Gasteiger partial charge in [0.2, 0.25) is 0 Å². The van der Waals surface area contributed by atoms with E-state index in [1.165, 1.54) is 19.2 Å². The number of carbonyl (C=O) groups is 1. The Bertz CT molecular complexity index is 1080. The molecule has 0 radical (unpaired) electrons. The summed E-state index contributed by atoms with van der Waals surface area (Å²) in [6, 6.07) is 14.5. The van der Waals surface area contributed by atoms with Crippen LogP contribution in [0, 0.1) is 5.82 Å². The quantitative estimate of drug-likeness (QED) is 0.388. The molecular weight excluding hydrogens is 466 g/mol. The van der Waals surface area contributed by atoms with Gasteiger partial charge in [-0.15, -0.1) is 0 Å². The van der Waals surface area contributed by atoms with Gasteiger partial charge in [0.25, 0.3) is 5.91 Å². The number of hydrogen-bond acceptors (Lipinski definition) is 4. The molecule has 0 atom stereocenters. The molecule has 9 heteroatoms. The molecule has 0 aliphatic carbocycles. The van der Waals surface area contributed by atoms with Crippen LogP contribution in [-0.2, 0) is 11.3 Å². The van der Waals surface area contributed by atoms with Crippen molar-refractivity contribution >= 4 is 52.1 Å². The highest BCUT2D eigenvalue weighted by Gasteiger charge is 2.14. The average Bonchev–Trinajstić information content (AvgIpc) is 2.75. The maximum atomic E-state index is 13.3. The number of benzene rings is 3. The van der Waals surface area contributed by atoms with Crippen molar-refractivity contribution in [3.63, 3.8) is 0 Å². The van der Waals surface area contributed by atoms with Crippen LogP contribution in [0.1, 0.15) is 5.56 Å². The lowest BCUT2D eigenvalue weighted by Gasteiger charge is -2.15. The molecule has 0 fully saturated rings. The monoisotopic (exact) mass is 482 g/mol. The van der Waals surface area contributed by atoms with E-state index >= 15 is 0 Å². The third-order valence-electron chi connectivity index (χ3n) is 4.18. The van der Waals surface area contributed by atoms with Gasteiger partial charge >= 0.3 is 0 Å². The van der Waals surface area contributed by atoms with Gasteiger partial charge in [-0.05, 0) is 60.2 Å². The summed E-state index contributed by atoms with van der Waals surface area (Å²) in [5.41, 5.74) is 2.04. The predicted molar refractivity (Wildman–Crippen MR) is 122 cm³/mol. The van der Waals surface area contributed by atoms with Crippen molar-refractivity contribution in [1.82, 2.24) is 0 Å². The van der Waals surface area contributed by atoms with Gasteiger partial charge in [-0.25, -0.2) is 4.39 Å². The lowest BCUT2D eigenvalue weighted by atomic mass is 10.2. The molecule has 3 rings (SSSR count). The number of methoxy groups -OCH3 is 1. The normalized spacial score (nSPS) is 10.5. The molecule has 3 aromatic rings. The van der Waals surface area contributed by atoms with Gasteiger partial charge < -0.3 is 20.1 Å². The average molecular weight is 484 g/mol. The molecule has 31 heavy (non-hydrogen) atoms. The summed E-state index contributed by atoms with van der Waals surface area (Å²) >= 11 is 18.0. The molecule has 0 bridgehead atoms. The maximum Gasteiger partial charge on any atom is 0.262 e. The summed E-state index contributed by atoms with van der Waals surface area (Å²) in [5.74, 6) is -0.220. The Morgan fingerprint density at radius 3 is 2.35 bits per heavy atom. The molecular formula is C22H18Cl3FN2O3. The van der Waals surface area contributed by atoms with Crippen LogP contribution in [0.25, 0.3) is 0 Å². The molecule has 2 N–H and O–H groups in total. The number of halogens is 4. The zero-order valence-corrected chi connectivity index (χ0v) is 18.6. The molecule has 1 amide bonds. The standard InChI is InChI=1S/C22H18Cl3FN2O3/c1-30-20-9-13(11-27-16-6-7-19(26)17(24)10-16)8-18(25)22(20)31-12-21(29)28-15-4-2-14(23)3-5-15/h2-10,27H,11-12H2,1H3,(H,28,29). The Labute approximate surface area is 194 Å². The topological polar surface area (TPSA) is 59.6 Å². The van der Waals surface area contributed by atoms with E-state index < -0.39 is 5.82 Å². The van der Waals surface area contributed by atoms with Crippen molar-refractivity contribution in [2.75, 3.05) is 24.4 Å². The van der Waals surface area contributed by atoms with Crippen molar-refractivity contribution in [3.8, 4) is 11.5 Å². The zero-order chi connectivity index (χ0) is 22.4. The predicted octanol–water partition coefficient (Wildman–Crippen LogP) is 6.42. The van der Waals surface area contributed by atoms with Crippen molar-refractivity contribution in [3.05, 3.63) is 81.0 Å². The molecule has 0 saturated carbocycles. The highest BCUT2D eigenvalue weighted by Crippen LogP contribution is 2.36. The molecule has 5 nitrogen and oxygen atoms in total. The Morgan fingerprint density at radius 1 is 0.968 bits per heavy atom. The first-order valence-electron chi connectivity index (χ1n) is 9.09. The van der Waals surface area contributed by atoms with Gasteiger partial charge in [-0.3, -0.25) is 4.79 Å². The van der Waals surface area contributed by atoms with E-state index in [2.05, 4.69) is 10.6 Å². The minimum atomic E-state index is -0.487. The van der Waals surface area contributed by atoms with Crippen molar-refractivity contribution in [1.29, 1.82) is 0 Å². The van der Waals surface area contributed by atoms with Gasteiger partial charge in [0.05, 0.1) is 17.2 Å². The fourth-order valence-corrected chi connectivity index (χ4v) is 3.29. The van der Waals surface area contributed by atoms with Crippen molar-refractivity contribution in [2.45, 2.75) is 6.54 Å². The molecule has 0 unspecified atom stereocenters. The van der Waals surface area contributed by atoms with E-state index in [9.17, 15) is 9.18 Å². The van der Waals surface area contributed by atoms with Gasteiger partial charge in [-0.1, -0.05) is 34.8 Å². The van der Waals surface area contributed by atoms with E-state index in [0.717, 1.165) is 5.56 Å². The molecule has 3 aromatic carbocycles. The second-order valence-electron chi connectivity index (χ2n) is 6.44. The number of hydrogen-bond donors (Lipinski definition) is 2. The molecule has 0 saturated heterocycles. The van der Waals surface area contributed by atoms with E-state index in [4.69, 9.17) is 44.3 Å². The summed E-state index contributed by atoms with van der Waals surface area (Å²) in [6.45, 7) is 0.125. The molecule has 0 aromatic heterocycles. The van der Waals surface area contributed by atoms with Gasteiger partial charge in [0.15, 0.2) is 18.1 Å². The third-order valence-corrected chi connectivity index (χ3v) is 5.00. The van der Waals surface area contributed by atoms with Crippen LogP contribution < -0.4 is 20.1 Å². The Balaban J connectivity index is 1.63. The number of amides is 1. The first kappa shape index (κ1) is 23.0. The highest BCUT2D eigenvalue weighted by molar-refractivity contribution is 6.32. The molecule has 162 valence electrons. The zero-order valence-electron chi connectivity index (χ0n) is 16.3. The molecule has 0 heterocycles.